The van der Waals surface area contributed by atoms with Crippen LogP contribution in [0.25, 0.3) is 0 Å². The molecule has 1 aromatic heterocycles. The van der Waals surface area contributed by atoms with Crippen LogP contribution in [0, 0.1) is 16.0 Å². The lowest BCUT2D eigenvalue weighted by Crippen LogP contribution is -2.51. The Kier molecular flexibility index (Phi) is 5.13. The number of carbonyl (C=O) groups excluding carboxylic acids is 2. The van der Waals surface area contributed by atoms with Crippen LogP contribution in [0.2, 0.25) is 0 Å². The minimum absolute atomic E-state index is 0.0666. The number of hydrogen-bond donors (Lipinski definition) is 1. The lowest BCUT2D eigenvalue weighted by Gasteiger charge is -2.35. The first-order valence-electron chi connectivity index (χ1n) is 10.8. The van der Waals surface area contributed by atoms with Gasteiger partial charge in [-0.1, -0.05) is 18.2 Å². The minimum atomic E-state index is -1.33. The van der Waals surface area contributed by atoms with Crippen molar-refractivity contribution in [2.24, 2.45) is 5.92 Å². The largest absolute Gasteiger partial charge is 0.497 e. The zero-order valence-corrected chi connectivity index (χ0v) is 18.6. The monoisotopic (exact) mass is 458 g/mol. The topological polar surface area (TPSA) is 115 Å². The van der Waals surface area contributed by atoms with Gasteiger partial charge in [0, 0.05) is 42.0 Å². The summed E-state index contributed by atoms with van der Waals surface area (Å²) < 4.78 is 5.42. The Hall–Kier alpha value is -4.11. The second-order valence-electron chi connectivity index (χ2n) is 8.53. The summed E-state index contributed by atoms with van der Waals surface area (Å²) >= 11 is 0. The number of nitro groups is 1. The SMILES string of the molecule is COc1ccc2c(c1)[C@]1(C(=O)N2)[C@@H](C(=O)c2ccccn2)[C@@H](c2cccc([N+](=O)[O-])c2)CN1C. The fourth-order valence-electron chi connectivity index (χ4n) is 5.38. The van der Waals surface area contributed by atoms with Gasteiger partial charge in [0.05, 0.1) is 18.0 Å². The summed E-state index contributed by atoms with van der Waals surface area (Å²) in [6.07, 6.45) is 1.53. The van der Waals surface area contributed by atoms with E-state index < -0.39 is 22.3 Å². The number of nitrogens with zero attached hydrogens (tertiary/aromatic N) is 3. The highest BCUT2D eigenvalue weighted by atomic mass is 16.6. The number of carbonyl (C=O) groups is 2. The maximum atomic E-state index is 14.0. The van der Waals surface area contributed by atoms with E-state index in [1.165, 1.54) is 18.3 Å². The second-order valence-corrected chi connectivity index (χ2v) is 8.53. The zero-order chi connectivity index (χ0) is 24.0. The van der Waals surface area contributed by atoms with E-state index in [0.29, 0.717) is 29.1 Å². The van der Waals surface area contributed by atoms with Gasteiger partial charge in [0.25, 0.3) is 5.69 Å². The predicted octanol–water partition coefficient (Wildman–Crippen LogP) is 3.37. The molecule has 1 N–H and O–H groups in total. The Morgan fingerprint density at radius 2 is 2.03 bits per heavy atom. The molecule has 3 aromatic rings. The van der Waals surface area contributed by atoms with E-state index in [-0.39, 0.29) is 23.1 Å². The van der Waals surface area contributed by atoms with Crippen LogP contribution in [0.3, 0.4) is 0 Å². The van der Waals surface area contributed by atoms with Crippen LogP contribution < -0.4 is 10.1 Å². The number of hydrogen-bond acceptors (Lipinski definition) is 7. The average Bonchev–Trinajstić information content (AvgIpc) is 3.33. The van der Waals surface area contributed by atoms with Gasteiger partial charge in [-0.25, -0.2) is 0 Å². The summed E-state index contributed by atoms with van der Waals surface area (Å²) in [5, 5.41) is 14.4. The molecule has 0 saturated carbocycles. The highest BCUT2D eigenvalue weighted by Crippen LogP contribution is 2.56. The zero-order valence-electron chi connectivity index (χ0n) is 18.6. The molecule has 0 aliphatic carbocycles. The fourth-order valence-corrected chi connectivity index (χ4v) is 5.38. The van der Waals surface area contributed by atoms with Crippen molar-refractivity contribution in [3.8, 4) is 5.75 Å². The molecular formula is C25H22N4O5. The summed E-state index contributed by atoms with van der Waals surface area (Å²) in [6, 6.07) is 16.6. The summed E-state index contributed by atoms with van der Waals surface area (Å²) in [7, 11) is 3.34. The van der Waals surface area contributed by atoms with Gasteiger partial charge in [-0.05, 0) is 42.9 Å². The van der Waals surface area contributed by atoms with Crippen molar-refractivity contribution in [2.75, 3.05) is 26.0 Å². The third-order valence-electron chi connectivity index (χ3n) is 6.87. The van der Waals surface area contributed by atoms with Crippen molar-refractivity contribution >= 4 is 23.1 Å². The number of rotatable bonds is 5. The van der Waals surface area contributed by atoms with Gasteiger partial charge < -0.3 is 10.1 Å². The van der Waals surface area contributed by atoms with Crippen molar-refractivity contribution in [3.05, 3.63) is 93.8 Å². The number of nitrogens with one attached hydrogen (secondary N) is 1. The molecule has 2 aliphatic heterocycles. The van der Waals surface area contributed by atoms with Crippen LogP contribution >= 0.6 is 0 Å². The van der Waals surface area contributed by atoms with Crippen molar-refractivity contribution in [1.82, 2.24) is 9.88 Å². The highest BCUT2D eigenvalue weighted by Gasteiger charge is 2.64. The lowest BCUT2D eigenvalue weighted by molar-refractivity contribution is -0.384. The quantitative estimate of drug-likeness (QED) is 0.354. The number of ketones is 1. The summed E-state index contributed by atoms with van der Waals surface area (Å²) in [6.45, 7) is 0.342. The van der Waals surface area contributed by atoms with Gasteiger partial charge in [0.1, 0.15) is 17.0 Å². The van der Waals surface area contributed by atoms with Crippen LogP contribution in [0.1, 0.15) is 27.5 Å². The number of benzene rings is 2. The highest BCUT2D eigenvalue weighted by molar-refractivity contribution is 6.12. The normalized spacial score (nSPS) is 23.5. The molecule has 2 aromatic carbocycles. The molecule has 2 aliphatic rings. The third kappa shape index (κ3) is 3.08. The number of anilines is 1. The number of amides is 1. The van der Waals surface area contributed by atoms with E-state index in [4.69, 9.17) is 4.74 Å². The Labute approximate surface area is 195 Å². The van der Waals surface area contributed by atoms with E-state index in [0.717, 1.165) is 0 Å². The number of aromatic nitrogens is 1. The molecule has 3 atom stereocenters. The maximum Gasteiger partial charge on any atom is 0.269 e. The van der Waals surface area contributed by atoms with Crippen LogP contribution in [0.15, 0.2) is 66.9 Å². The smallest absolute Gasteiger partial charge is 0.269 e. The Morgan fingerprint density at radius 1 is 1.21 bits per heavy atom. The molecule has 5 rings (SSSR count). The van der Waals surface area contributed by atoms with Gasteiger partial charge in [-0.3, -0.25) is 29.6 Å². The molecule has 1 spiro atoms. The molecule has 0 bridgehead atoms. The molecule has 1 saturated heterocycles. The van der Waals surface area contributed by atoms with Gasteiger partial charge in [0.15, 0.2) is 5.78 Å². The van der Waals surface area contributed by atoms with Crippen LogP contribution in [0.4, 0.5) is 11.4 Å². The van der Waals surface area contributed by atoms with E-state index >= 15 is 0 Å². The minimum Gasteiger partial charge on any atom is -0.497 e. The lowest BCUT2D eigenvalue weighted by atomic mass is 9.71. The van der Waals surface area contributed by atoms with Crippen molar-refractivity contribution in [1.29, 1.82) is 0 Å². The van der Waals surface area contributed by atoms with E-state index in [1.807, 2.05) is 4.90 Å². The molecule has 0 unspecified atom stereocenters. The first kappa shape index (κ1) is 21.7. The van der Waals surface area contributed by atoms with Gasteiger partial charge in [-0.2, -0.15) is 0 Å². The van der Waals surface area contributed by atoms with Gasteiger partial charge >= 0.3 is 0 Å². The molecule has 9 nitrogen and oxygen atoms in total. The Bertz CT molecular complexity index is 1310. The predicted molar refractivity (Wildman–Crippen MR) is 124 cm³/mol. The number of ether oxygens (including phenoxy) is 1. The van der Waals surface area contributed by atoms with E-state index in [9.17, 15) is 19.7 Å². The Morgan fingerprint density at radius 3 is 2.74 bits per heavy atom. The molecule has 9 heteroatoms. The maximum absolute atomic E-state index is 14.0. The molecule has 0 radical (unpaired) electrons. The summed E-state index contributed by atoms with van der Waals surface area (Å²) in [5.74, 6) is -1.41. The number of likely N-dealkylation sites (tertiary alicyclic amines) is 1. The summed E-state index contributed by atoms with van der Waals surface area (Å²) in [5.41, 5.74) is 0.715. The van der Waals surface area contributed by atoms with Crippen LogP contribution in [-0.2, 0) is 10.3 Å². The molecule has 172 valence electrons. The van der Waals surface area contributed by atoms with Crippen molar-refractivity contribution in [3.63, 3.8) is 0 Å². The number of methoxy groups -OCH3 is 1. The van der Waals surface area contributed by atoms with Crippen LogP contribution in [-0.4, -0.2) is 47.2 Å². The molecular weight excluding hydrogens is 436 g/mol. The molecule has 1 amide bonds. The molecule has 1 fully saturated rings. The van der Waals surface area contributed by atoms with Crippen LogP contribution in [0.5, 0.6) is 5.75 Å². The second kappa shape index (κ2) is 8.03. The van der Waals surface area contributed by atoms with Crippen molar-refractivity contribution in [2.45, 2.75) is 11.5 Å². The van der Waals surface area contributed by atoms with Gasteiger partial charge in [0.2, 0.25) is 5.91 Å². The first-order valence-corrected chi connectivity index (χ1v) is 10.8. The first-order chi connectivity index (χ1) is 16.4. The van der Waals surface area contributed by atoms with Crippen molar-refractivity contribution < 1.29 is 19.2 Å². The molecule has 3 heterocycles. The third-order valence-corrected chi connectivity index (χ3v) is 6.87. The van der Waals surface area contributed by atoms with Gasteiger partial charge in [-0.15, -0.1) is 0 Å². The average molecular weight is 458 g/mol. The number of fused-ring (bicyclic) bond motifs is 2. The molecule has 34 heavy (non-hydrogen) atoms. The number of nitro benzene ring substituents is 1. The standard InChI is InChI=1S/C25H22N4O5/c1-28-14-18(15-6-5-7-16(12-15)29(32)33)22(23(30)21-8-3-4-11-26-21)25(28)19-13-17(34-2)9-10-20(19)27-24(25)31/h3-13,18,22H,14H2,1-2H3,(H,27,31)/t18-,22-,25-/m1/s1. The van der Waals surface area contributed by atoms with E-state index in [2.05, 4.69) is 10.3 Å². The number of likely N-dealkylation sites (N-methyl/N-ethyl adjacent to an activating group) is 1. The number of pyridine rings is 1. The number of Topliss-reactive ketones (excluding diaryl/α,β-unsaturated/α-hetero) is 1. The summed E-state index contributed by atoms with van der Waals surface area (Å²) in [4.78, 5) is 44.8. The Balaban J connectivity index is 1.74. The fraction of sp³-hybridized carbons (Fsp3) is 0.240. The van der Waals surface area contributed by atoms with E-state index in [1.54, 1.807) is 62.7 Å². The number of non-ortho nitro benzene ring substituents is 1.